The molecule has 0 bridgehead atoms. The van der Waals surface area contributed by atoms with Crippen LogP contribution in [-0.2, 0) is 0 Å². The minimum Gasteiger partial charge on any atom is -0.399 e. The summed E-state index contributed by atoms with van der Waals surface area (Å²) in [6, 6.07) is 3.18. The summed E-state index contributed by atoms with van der Waals surface area (Å²) >= 11 is 0. The molecule has 0 spiro atoms. The van der Waals surface area contributed by atoms with Crippen LogP contribution in [0, 0.1) is 12.3 Å². The average molecular weight is 147 g/mol. The van der Waals surface area contributed by atoms with Gasteiger partial charge < -0.3 is 17.2 Å². The highest BCUT2D eigenvalue weighted by Crippen LogP contribution is 2.21. The van der Waals surface area contributed by atoms with E-state index in [9.17, 15) is 0 Å². The topological polar surface area (TPSA) is 78.1 Å². The summed E-state index contributed by atoms with van der Waals surface area (Å²) in [5, 5.41) is 0. The normalized spacial score (nSPS) is 9.00. The minimum atomic E-state index is 0.449. The molecule has 0 radical (unpaired) electrons. The van der Waals surface area contributed by atoms with Gasteiger partial charge in [-0.25, -0.2) is 0 Å². The molecule has 3 heteroatoms. The predicted molar refractivity (Wildman–Crippen MR) is 47.6 cm³/mol. The van der Waals surface area contributed by atoms with Crippen LogP contribution in [0.4, 0.5) is 17.1 Å². The zero-order chi connectivity index (χ0) is 8.43. The van der Waals surface area contributed by atoms with E-state index in [0.717, 1.165) is 0 Å². The van der Waals surface area contributed by atoms with E-state index in [0.29, 0.717) is 22.6 Å². The van der Waals surface area contributed by atoms with Crippen molar-refractivity contribution in [2.75, 3.05) is 17.2 Å². The van der Waals surface area contributed by atoms with Crippen LogP contribution in [0.5, 0.6) is 0 Å². The van der Waals surface area contributed by atoms with Crippen molar-refractivity contribution >= 4 is 17.1 Å². The Kier molecular flexibility index (Phi) is 1.61. The first-order chi connectivity index (χ1) is 5.15. The first-order valence-corrected chi connectivity index (χ1v) is 3.06. The summed E-state index contributed by atoms with van der Waals surface area (Å²) in [4.78, 5) is 0. The Labute approximate surface area is 65.2 Å². The van der Waals surface area contributed by atoms with Crippen molar-refractivity contribution < 1.29 is 0 Å². The number of benzene rings is 1. The molecule has 3 nitrogen and oxygen atoms in total. The number of terminal acetylenes is 1. The van der Waals surface area contributed by atoms with Crippen molar-refractivity contribution in [3.05, 3.63) is 17.7 Å². The zero-order valence-electron chi connectivity index (χ0n) is 5.96. The highest BCUT2D eigenvalue weighted by atomic mass is 14.7. The van der Waals surface area contributed by atoms with Crippen LogP contribution < -0.4 is 17.2 Å². The molecule has 0 amide bonds. The Hall–Kier alpha value is -1.82. The number of hydrogen-bond donors (Lipinski definition) is 3. The van der Waals surface area contributed by atoms with Gasteiger partial charge in [-0.05, 0) is 12.1 Å². The molecule has 0 saturated heterocycles. The summed E-state index contributed by atoms with van der Waals surface area (Å²) in [5.74, 6) is 2.39. The van der Waals surface area contributed by atoms with E-state index in [4.69, 9.17) is 23.6 Å². The maximum absolute atomic E-state index is 5.53. The van der Waals surface area contributed by atoms with Crippen molar-refractivity contribution in [3.63, 3.8) is 0 Å². The quantitative estimate of drug-likeness (QED) is 0.367. The number of anilines is 3. The first kappa shape index (κ1) is 7.29. The average Bonchev–Trinajstić information content (AvgIpc) is 1.85. The van der Waals surface area contributed by atoms with E-state index in [1.54, 1.807) is 12.1 Å². The number of rotatable bonds is 0. The maximum Gasteiger partial charge on any atom is 0.0703 e. The van der Waals surface area contributed by atoms with Gasteiger partial charge in [0.05, 0.1) is 16.9 Å². The summed E-state index contributed by atoms with van der Waals surface area (Å²) in [6.07, 6.45) is 5.15. The second-order valence-electron chi connectivity index (χ2n) is 2.22. The molecule has 0 unspecified atom stereocenters. The Morgan fingerprint density at radius 3 is 1.91 bits per heavy atom. The molecule has 0 atom stereocenters. The lowest BCUT2D eigenvalue weighted by Crippen LogP contribution is -1.98. The van der Waals surface area contributed by atoms with Crippen molar-refractivity contribution in [1.82, 2.24) is 0 Å². The molecule has 1 aromatic carbocycles. The van der Waals surface area contributed by atoms with Crippen LogP contribution in [0.3, 0.4) is 0 Å². The molecule has 0 saturated carbocycles. The monoisotopic (exact) mass is 147 g/mol. The summed E-state index contributed by atoms with van der Waals surface area (Å²) in [6.45, 7) is 0. The molecule has 11 heavy (non-hydrogen) atoms. The van der Waals surface area contributed by atoms with E-state index >= 15 is 0 Å². The van der Waals surface area contributed by atoms with Crippen LogP contribution in [0.15, 0.2) is 12.1 Å². The van der Waals surface area contributed by atoms with Gasteiger partial charge in [0.2, 0.25) is 0 Å². The second-order valence-corrected chi connectivity index (χ2v) is 2.22. The lowest BCUT2D eigenvalue weighted by atomic mass is 10.1. The van der Waals surface area contributed by atoms with E-state index in [2.05, 4.69) is 5.92 Å². The molecular weight excluding hydrogens is 138 g/mol. The van der Waals surface area contributed by atoms with Gasteiger partial charge in [0.25, 0.3) is 0 Å². The molecule has 0 aliphatic heterocycles. The van der Waals surface area contributed by atoms with Crippen LogP contribution >= 0.6 is 0 Å². The number of nitrogens with two attached hydrogens (primary N) is 3. The first-order valence-electron chi connectivity index (χ1n) is 3.06. The van der Waals surface area contributed by atoms with Crippen molar-refractivity contribution in [1.29, 1.82) is 0 Å². The van der Waals surface area contributed by atoms with Gasteiger partial charge in [-0.15, -0.1) is 6.42 Å². The molecule has 0 fully saturated rings. The van der Waals surface area contributed by atoms with Crippen LogP contribution in [0.1, 0.15) is 5.56 Å². The molecule has 1 aromatic rings. The number of nitrogen functional groups attached to an aromatic ring is 3. The van der Waals surface area contributed by atoms with Gasteiger partial charge in [-0.1, -0.05) is 5.92 Å². The molecule has 56 valence electrons. The van der Waals surface area contributed by atoms with Gasteiger partial charge in [0, 0.05) is 5.69 Å². The minimum absolute atomic E-state index is 0.449. The Bertz CT molecular complexity index is 300. The summed E-state index contributed by atoms with van der Waals surface area (Å²) in [7, 11) is 0. The fourth-order valence-corrected chi connectivity index (χ4v) is 0.878. The van der Waals surface area contributed by atoms with Gasteiger partial charge in [0.15, 0.2) is 0 Å². The Morgan fingerprint density at radius 1 is 1.09 bits per heavy atom. The zero-order valence-corrected chi connectivity index (χ0v) is 5.96. The third-order valence-corrected chi connectivity index (χ3v) is 1.37. The second kappa shape index (κ2) is 2.43. The van der Waals surface area contributed by atoms with Gasteiger partial charge in [-0.2, -0.15) is 0 Å². The van der Waals surface area contributed by atoms with Crippen LogP contribution in [-0.4, -0.2) is 0 Å². The Morgan fingerprint density at radius 2 is 1.55 bits per heavy atom. The highest BCUT2D eigenvalue weighted by molar-refractivity contribution is 5.73. The molecule has 1 rings (SSSR count). The molecule has 6 N–H and O–H groups in total. The standard InChI is InChI=1S/C8H9N3/c1-2-6-7(10)3-5(9)4-8(6)11/h1,3-4H,9-11H2. The molecule has 0 aliphatic rings. The van der Waals surface area contributed by atoms with Crippen LogP contribution in [0.2, 0.25) is 0 Å². The van der Waals surface area contributed by atoms with Gasteiger partial charge >= 0.3 is 0 Å². The smallest absolute Gasteiger partial charge is 0.0703 e. The van der Waals surface area contributed by atoms with Crippen molar-refractivity contribution in [2.45, 2.75) is 0 Å². The maximum atomic E-state index is 5.53. The van der Waals surface area contributed by atoms with E-state index in [1.165, 1.54) is 0 Å². The highest BCUT2D eigenvalue weighted by Gasteiger charge is 2.00. The number of hydrogen-bond acceptors (Lipinski definition) is 3. The lowest BCUT2D eigenvalue weighted by molar-refractivity contribution is 1.61. The van der Waals surface area contributed by atoms with Gasteiger partial charge in [0.1, 0.15) is 0 Å². The van der Waals surface area contributed by atoms with Crippen molar-refractivity contribution in [2.24, 2.45) is 0 Å². The van der Waals surface area contributed by atoms with Gasteiger partial charge in [-0.3, -0.25) is 0 Å². The van der Waals surface area contributed by atoms with E-state index in [1.807, 2.05) is 0 Å². The predicted octanol–water partition coefficient (Wildman–Crippen LogP) is 0.415. The third-order valence-electron chi connectivity index (χ3n) is 1.37. The largest absolute Gasteiger partial charge is 0.399 e. The third kappa shape index (κ3) is 1.19. The fourth-order valence-electron chi connectivity index (χ4n) is 0.878. The van der Waals surface area contributed by atoms with Crippen molar-refractivity contribution in [3.8, 4) is 12.3 Å². The summed E-state index contributed by atoms with van der Waals surface area (Å²) in [5.41, 5.74) is 18.5. The van der Waals surface area contributed by atoms with E-state index < -0.39 is 0 Å². The molecular formula is C8H9N3. The SMILES string of the molecule is C#Cc1c(N)cc(N)cc1N. The molecule has 0 aromatic heterocycles. The molecule has 0 heterocycles. The van der Waals surface area contributed by atoms with Crippen LogP contribution in [0.25, 0.3) is 0 Å². The Balaban J connectivity index is 3.40. The fraction of sp³-hybridized carbons (Fsp3) is 0. The van der Waals surface area contributed by atoms with E-state index in [-0.39, 0.29) is 0 Å². The summed E-state index contributed by atoms with van der Waals surface area (Å²) < 4.78 is 0. The molecule has 0 aliphatic carbocycles. The lowest BCUT2D eigenvalue weighted by Gasteiger charge is -2.03.